The van der Waals surface area contributed by atoms with Crippen LogP contribution in [-0.4, -0.2) is 9.97 Å². The smallest absolute Gasteiger partial charge is 0.233 e. The summed E-state index contributed by atoms with van der Waals surface area (Å²) in [7, 11) is 0. The molecule has 0 spiro atoms. The summed E-state index contributed by atoms with van der Waals surface area (Å²) in [5.41, 5.74) is 0.579. The molecule has 0 radical (unpaired) electrons. The van der Waals surface area contributed by atoms with Crippen molar-refractivity contribution in [3.8, 4) is 0 Å². The van der Waals surface area contributed by atoms with E-state index in [9.17, 15) is 4.39 Å². The molecule has 50 valence electrons. The highest BCUT2D eigenvalue weighted by atomic mass is 19.1. The summed E-state index contributed by atoms with van der Waals surface area (Å²) in [5, 5.41) is 0. The number of nitrogens with zero attached hydrogens (tertiary/aromatic N) is 1. The summed E-state index contributed by atoms with van der Waals surface area (Å²) in [6.45, 7) is 3.83. The molecule has 3 heteroatoms. The highest BCUT2D eigenvalue weighted by Gasteiger charge is 2.06. The van der Waals surface area contributed by atoms with Crippen molar-refractivity contribution < 1.29 is 4.39 Å². The largest absolute Gasteiger partial charge is 0.346 e. The zero-order chi connectivity index (χ0) is 6.85. The molecule has 0 aliphatic carbocycles. The average Bonchev–Trinajstić information content (AvgIpc) is 2.13. The number of aromatic nitrogens is 2. The van der Waals surface area contributed by atoms with Crippen molar-refractivity contribution in [2.45, 2.75) is 19.8 Å². The summed E-state index contributed by atoms with van der Waals surface area (Å²) >= 11 is 0. The maximum atomic E-state index is 12.5. The zero-order valence-corrected chi connectivity index (χ0v) is 5.48. The van der Waals surface area contributed by atoms with Crippen LogP contribution in [0, 0.1) is 5.95 Å². The molecule has 0 saturated heterocycles. The minimum atomic E-state index is -0.384. The number of nitrogens with one attached hydrogen (secondary N) is 1. The van der Waals surface area contributed by atoms with Gasteiger partial charge in [0.2, 0.25) is 5.95 Å². The van der Waals surface area contributed by atoms with Crippen molar-refractivity contribution in [1.82, 2.24) is 9.97 Å². The summed E-state index contributed by atoms with van der Waals surface area (Å²) in [6, 6.07) is 0. The van der Waals surface area contributed by atoms with Gasteiger partial charge in [-0.1, -0.05) is 13.8 Å². The second-order valence-corrected chi connectivity index (χ2v) is 2.26. The molecule has 0 fully saturated rings. The van der Waals surface area contributed by atoms with Crippen molar-refractivity contribution in [2.24, 2.45) is 0 Å². The Hall–Kier alpha value is -0.860. The summed E-state index contributed by atoms with van der Waals surface area (Å²) < 4.78 is 12.5. The van der Waals surface area contributed by atoms with Crippen LogP contribution in [0.1, 0.15) is 25.5 Å². The van der Waals surface area contributed by atoms with Crippen LogP contribution in [0.5, 0.6) is 0 Å². The molecular formula is C6H9FN2. The number of rotatable bonds is 1. The minimum Gasteiger partial charge on any atom is -0.346 e. The summed E-state index contributed by atoms with van der Waals surface area (Å²) in [5.74, 6) is -0.197. The van der Waals surface area contributed by atoms with Crippen LogP contribution in [0.2, 0.25) is 0 Å². The van der Waals surface area contributed by atoms with E-state index in [0.717, 1.165) is 0 Å². The van der Waals surface area contributed by atoms with E-state index in [1.807, 2.05) is 13.8 Å². The molecule has 1 heterocycles. The molecule has 1 aromatic heterocycles. The quantitative estimate of drug-likeness (QED) is 0.612. The van der Waals surface area contributed by atoms with Gasteiger partial charge in [-0.2, -0.15) is 4.39 Å². The lowest BCUT2D eigenvalue weighted by atomic mass is 10.1. The fourth-order valence-corrected chi connectivity index (χ4v) is 0.692. The van der Waals surface area contributed by atoms with Gasteiger partial charge in [0.1, 0.15) is 0 Å². The van der Waals surface area contributed by atoms with Gasteiger partial charge < -0.3 is 4.98 Å². The number of imidazole rings is 1. The minimum absolute atomic E-state index is 0.187. The summed E-state index contributed by atoms with van der Waals surface area (Å²) in [6.07, 6.45) is 1.37. The Morgan fingerprint density at radius 1 is 1.67 bits per heavy atom. The van der Waals surface area contributed by atoms with Gasteiger partial charge in [-0.15, -0.1) is 0 Å². The van der Waals surface area contributed by atoms with Crippen LogP contribution in [0.15, 0.2) is 6.33 Å². The fraction of sp³-hybridized carbons (Fsp3) is 0.500. The van der Waals surface area contributed by atoms with Gasteiger partial charge in [-0.05, 0) is 5.92 Å². The van der Waals surface area contributed by atoms with Crippen LogP contribution in [0.4, 0.5) is 4.39 Å². The van der Waals surface area contributed by atoms with Gasteiger partial charge in [0, 0.05) is 0 Å². The first-order valence-electron chi connectivity index (χ1n) is 2.90. The molecule has 0 saturated carbocycles. The van der Waals surface area contributed by atoms with E-state index in [-0.39, 0.29) is 11.9 Å². The second-order valence-electron chi connectivity index (χ2n) is 2.26. The van der Waals surface area contributed by atoms with Gasteiger partial charge in [0.15, 0.2) is 0 Å². The molecular weight excluding hydrogens is 119 g/mol. The van der Waals surface area contributed by atoms with Crippen molar-refractivity contribution in [3.63, 3.8) is 0 Å². The van der Waals surface area contributed by atoms with Crippen LogP contribution in [-0.2, 0) is 0 Å². The van der Waals surface area contributed by atoms with E-state index in [2.05, 4.69) is 9.97 Å². The number of H-pyrrole nitrogens is 1. The maximum Gasteiger partial charge on any atom is 0.233 e. The van der Waals surface area contributed by atoms with Crippen LogP contribution >= 0.6 is 0 Å². The van der Waals surface area contributed by atoms with Crippen molar-refractivity contribution >= 4 is 0 Å². The molecule has 0 amide bonds. The monoisotopic (exact) mass is 128 g/mol. The lowest BCUT2D eigenvalue weighted by Crippen LogP contribution is -1.90. The van der Waals surface area contributed by atoms with Gasteiger partial charge in [0.25, 0.3) is 0 Å². The topological polar surface area (TPSA) is 28.7 Å². The number of hydrogen-bond donors (Lipinski definition) is 1. The first-order valence-corrected chi connectivity index (χ1v) is 2.90. The van der Waals surface area contributed by atoms with E-state index >= 15 is 0 Å². The lowest BCUT2D eigenvalue weighted by molar-refractivity contribution is 0.563. The molecule has 0 atom stereocenters. The van der Waals surface area contributed by atoms with Crippen LogP contribution in [0.25, 0.3) is 0 Å². The molecule has 0 aliphatic heterocycles. The average molecular weight is 128 g/mol. The van der Waals surface area contributed by atoms with Crippen LogP contribution in [0.3, 0.4) is 0 Å². The first kappa shape index (κ1) is 6.26. The number of hydrogen-bond acceptors (Lipinski definition) is 1. The Bertz CT molecular complexity index is 193. The van der Waals surface area contributed by atoms with Gasteiger partial charge in [0.05, 0.1) is 12.0 Å². The van der Waals surface area contributed by atoms with E-state index in [0.29, 0.717) is 5.69 Å². The normalized spacial score (nSPS) is 10.7. The van der Waals surface area contributed by atoms with Gasteiger partial charge in [-0.3, -0.25) is 0 Å². The third-order valence-electron chi connectivity index (χ3n) is 1.20. The second kappa shape index (κ2) is 2.17. The number of aromatic amines is 1. The molecule has 2 nitrogen and oxygen atoms in total. The molecule has 0 unspecified atom stereocenters. The fourth-order valence-electron chi connectivity index (χ4n) is 0.692. The SMILES string of the molecule is CC(C)c1[nH]cnc1F. The maximum absolute atomic E-state index is 12.5. The Morgan fingerprint density at radius 3 is 2.56 bits per heavy atom. The van der Waals surface area contributed by atoms with Crippen molar-refractivity contribution in [1.29, 1.82) is 0 Å². The third-order valence-corrected chi connectivity index (χ3v) is 1.20. The first-order chi connectivity index (χ1) is 4.22. The van der Waals surface area contributed by atoms with Crippen molar-refractivity contribution in [3.05, 3.63) is 18.0 Å². The standard InChI is InChI=1S/C6H9FN2/c1-4(2)5-6(7)9-3-8-5/h3-4H,1-2H3,(H,8,9). The Labute approximate surface area is 53.1 Å². The Balaban J connectivity index is 2.94. The molecule has 1 N–H and O–H groups in total. The number of halogens is 1. The molecule has 1 aromatic rings. The molecule has 0 bridgehead atoms. The van der Waals surface area contributed by atoms with Gasteiger partial charge >= 0.3 is 0 Å². The molecule has 0 aromatic carbocycles. The lowest BCUT2D eigenvalue weighted by Gasteiger charge is -1.97. The highest BCUT2D eigenvalue weighted by Crippen LogP contribution is 2.12. The third kappa shape index (κ3) is 1.09. The molecule has 0 aliphatic rings. The van der Waals surface area contributed by atoms with E-state index in [4.69, 9.17) is 0 Å². The predicted octanol–water partition coefficient (Wildman–Crippen LogP) is 1.67. The zero-order valence-electron chi connectivity index (χ0n) is 5.48. The van der Waals surface area contributed by atoms with E-state index < -0.39 is 0 Å². The van der Waals surface area contributed by atoms with Crippen molar-refractivity contribution in [2.75, 3.05) is 0 Å². The molecule has 9 heavy (non-hydrogen) atoms. The summed E-state index contributed by atoms with van der Waals surface area (Å²) in [4.78, 5) is 6.13. The highest BCUT2D eigenvalue weighted by molar-refractivity contribution is 5.02. The van der Waals surface area contributed by atoms with Crippen LogP contribution < -0.4 is 0 Å². The van der Waals surface area contributed by atoms with E-state index in [1.165, 1.54) is 6.33 Å². The molecule has 1 rings (SSSR count). The van der Waals surface area contributed by atoms with E-state index in [1.54, 1.807) is 0 Å². The Morgan fingerprint density at radius 2 is 2.33 bits per heavy atom. The Kier molecular flexibility index (Phi) is 1.51. The van der Waals surface area contributed by atoms with Gasteiger partial charge in [-0.25, -0.2) is 4.98 Å². The predicted molar refractivity (Wildman–Crippen MR) is 32.6 cm³/mol.